The number of thiazole rings is 1. The number of benzene rings is 1. The second kappa shape index (κ2) is 5.95. The Bertz CT molecular complexity index is 600. The number of aliphatic hydroxyl groups is 1. The summed E-state index contributed by atoms with van der Waals surface area (Å²) in [6.07, 6.45) is 1.42. The van der Waals surface area contributed by atoms with Crippen molar-refractivity contribution in [1.82, 2.24) is 9.88 Å². The quantitative estimate of drug-likeness (QED) is 0.945. The predicted molar refractivity (Wildman–Crippen MR) is 81.8 cm³/mol. The van der Waals surface area contributed by atoms with E-state index < -0.39 is 6.10 Å². The molecule has 3 rings (SSSR count). The Balaban J connectivity index is 1.73. The highest BCUT2D eigenvalue weighted by atomic mass is 32.1. The van der Waals surface area contributed by atoms with Gasteiger partial charge in [0.05, 0.1) is 6.04 Å². The maximum absolute atomic E-state index is 12.3. The van der Waals surface area contributed by atoms with E-state index in [1.54, 1.807) is 6.20 Å². The standard InChI is InChI=1S/C16H18N2O2S/c1-11(12-5-3-2-4-6-12)18-10-13(9-14(18)19)15(20)16-17-7-8-21-16/h2-8,11,13,15,20H,9-10H2,1H3/t11?,13?,15-/m1/s1. The normalized spacial score (nSPS) is 21.5. The lowest BCUT2D eigenvalue weighted by Crippen LogP contribution is -2.29. The van der Waals surface area contributed by atoms with Crippen LogP contribution in [0.5, 0.6) is 0 Å². The van der Waals surface area contributed by atoms with E-state index in [4.69, 9.17) is 0 Å². The van der Waals surface area contributed by atoms with Gasteiger partial charge in [0.25, 0.3) is 0 Å². The van der Waals surface area contributed by atoms with E-state index in [1.807, 2.05) is 47.5 Å². The molecule has 0 saturated carbocycles. The Morgan fingerprint density at radius 3 is 2.81 bits per heavy atom. The summed E-state index contributed by atoms with van der Waals surface area (Å²) in [4.78, 5) is 18.3. The zero-order chi connectivity index (χ0) is 14.8. The summed E-state index contributed by atoms with van der Waals surface area (Å²) in [6, 6.07) is 10.0. The van der Waals surface area contributed by atoms with E-state index in [1.165, 1.54) is 11.3 Å². The molecule has 1 aromatic heterocycles. The third-order valence-electron chi connectivity index (χ3n) is 4.09. The maximum Gasteiger partial charge on any atom is 0.223 e. The highest BCUT2D eigenvalue weighted by Gasteiger charge is 2.38. The minimum Gasteiger partial charge on any atom is -0.386 e. The molecule has 110 valence electrons. The molecule has 2 unspecified atom stereocenters. The van der Waals surface area contributed by atoms with Crippen molar-refractivity contribution >= 4 is 17.2 Å². The van der Waals surface area contributed by atoms with Crippen molar-refractivity contribution in [3.8, 4) is 0 Å². The number of rotatable bonds is 4. The second-order valence-corrected chi connectivity index (χ2v) is 6.34. The number of aromatic nitrogens is 1. The Labute approximate surface area is 128 Å². The van der Waals surface area contributed by atoms with Crippen LogP contribution in [0.15, 0.2) is 41.9 Å². The van der Waals surface area contributed by atoms with Crippen LogP contribution in [-0.4, -0.2) is 27.4 Å². The van der Waals surface area contributed by atoms with Crippen LogP contribution in [0.3, 0.4) is 0 Å². The predicted octanol–water partition coefficient (Wildman–Crippen LogP) is 2.79. The Kier molecular flexibility index (Phi) is 4.03. The van der Waals surface area contributed by atoms with Crippen LogP contribution in [0.1, 0.15) is 36.1 Å². The summed E-state index contributed by atoms with van der Waals surface area (Å²) in [5.74, 6) is 0.0294. The molecule has 1 aliphatic heterocycles. The first-order valence-corrected chi connectivity index (χ1v) is 7.96. The Morgan fingerprint density at radius 1 is 1.38 bits per heavy atom. The van der Waals surface area contributed by atoms with Gasteiger partial charge < -0.3 is 10.0 Å². The summed E-state index contributed by atoms with van der Waals surface area (Å²) in [5, 5.41) is 12.9. The number of likely N-dealkylation sites (tertiary alicyclic amines) is 1. The van der Waals surface area contributed by atoms with Gasteiger partial charge >= 0.3 is 0 Å². The lowest BCUT2D eigenvalue weighted by Gasteiger charge is -2.25. The molecule has 1 aromatic carbocycles. The molecule has 21 heavy (non-hydrogen) atoms. The van der Waals surface area contributed by atoms with Crippen LogP contribution < -0.4 is 0 Å². The molecule has 0 bridgehead atoms. The van der Waals surface area contributed by atoms with E-state index in [2.05, 4.69) is 4.98 Å². The fraction of sp³-hybridized carbons (Fsp3) is 0.375. The van der Waals surface area contributed by atoms with Crippen molar-refractivity contribution in [1.29, 1.82) is 0 Å². The topological polar surface area (TPSA) is 53.4 Å². The van der Waals surface area contributed by atoms with E-state index in [-0.39, 0.29) is 17.9 Å². The smallest absolute Gasteiger partial charge is 0.223 e. The number of carbonyl (C=O) groups is 1. The van der Waals surface area contributed by atoms with Crippen LogP contribution in [0.2, 0.25) is 0 Å². The number of hydrogen-bond donors (Lipinski definition) is 1. The summed E-state index contributed by atoms with van der Waals surface area (Å²) in [5.41, 5.74) is 1.12. The lowest BCUT2D eigenvalue weighted by molar-refractivity contribution is -0.129. The highest BCUT2D eigenvalue weighted by molar-refractivity contribution is 7.09. The molecule has 1 saturated heterocycles. The molecular weight excluding hydrogens is 284 g/mol. The maximum atomic E-state index is 12.3. The Morgan fingerprint density at radius 2 is 2.14 bits per heavy atom. The van der Waals surface area contributed by atoms with Crippen LogP contribution in [-0.2, 0) is 4.79 Å². The molecule has 0 radical (unpaired) electrons. The SMILES string of the molecule is CC(c1ccccc1)N1CC([C@@H](O)c2nccs2)CC1=O. The van der Waals surface area contributed by atoms with Gasteiger partial charge in [-0.15, -0.1) is 11.3 Å². The molecule has 1 N–H and O–H groups in total. The van der Waals surface area contributed by atoms with Crippen LogP contribution in [0, 0.1) is 5.92 Å². The van der Waals surface area contributed by atoms with Crippen molar-refractivity contribution < 1.29 is 9.90 Å². The van der Waals surface area contributed by atoms with Crippen molar-refractivity contribution in [2.45, 2.75) is 25.5 Å². The second-order valence-electron chi connectivity index (χ2n) is 5.41. The summed E-state index contributed by atoms with van der Waals surface area (Å²) < 4.78 is 0. The van der Waals surface area contributed by atoms with E-state index in [0.717, 1.165) is 5.56 Å². The molecule has 1 fully saturated rings. The van der Waals surface area contributed by atoms with Crippen molar-refractivity contribution in [3.05, 3.63) is 52.5 Å². The fourth-order valence-corrected chi connectivity index (χ4v) is 3.55. The molecule has 5 heteroatoms. The molecule has 0 spiro atoms. The van der Waals surface area contributed by atoms with Gasteiger partial charge in [0.15, 0.2) is 0 Å². The van der Waals surface area contributed by atoms with Gasteiger partial charge in [0.2, 0.25) is 5.91 Å². The van der Waals surface area contributed by atoms with E-state index in [0.29, 0.717) is 18.0 Å². The zero-order valence-electron chi connectivity index (χ0n) is 11.8. The first kappa shape index (κ1) is 14.2. The number of hydrogen-bond acceptors (Lipinski definition) is 4. The molecule has 1 aliphatic rings. The van der Waals surface area contributed by atoms with E-state index in [9.17, 15) is 9.90 Å². The Hall–Kier alpha value is -1.72. The van der Waals surface area contributed by atoms with Crippen molar-refractivity contribution in [2.24, 2.45) is 5.92 Å². The van der Waals surface area contributed by atoms with Crippen LogP contribution in [0.4, 0.5) is 0 Å². The average molecular weight is 302 g/mol. The van der Waals surface area contributed by atoms with Gasteiger partial charge in [-0.1, -0.05) is 30.3 Å². The number of nitrogens with zero attached hydrogens (tertiary/aromatic N) is 2. The number of amides is 1. The summed E-state index contributed by atoms with van der Waals surface area (Å²) in [6.45, 7) is 2.61. The molecule has 0 aliphatic carbocycles. The van der Waals surface area contributed by atoms with Crippen LogP contribution in [0.25, 0.3) is 0 Å². The molecule has 1 amide bonds. The van der Waals surface area contributed by atoms with Crippen molar-refractivity contribution in [3.63, 3.8) is 0 Å². The molecule has 4 nitrogen and oxygen atoms in total. The number of carbonyl (C=O) groups excluding carboxylic acids is 1. The first-order chi connectivity index (χ1) is 10.2. The van der Waals surface area contributed by atoms with Gasteiger partial charge in [-0.25, -0.2) is 4.98 Å². The van der Waals surface area contributed by atoms with Crippen LogP contribution >= 0.6 is 11.3 Å². The van der Waals surface area contributed by atoms with Gasteiger partial charge in [0.1, 0.15) is 11.1 Å². The lowest BCUT2D eigenvalue weighted by atomic mass is 10.0. The third kappa shape index (κ3) is 2.84. The average Bonchev–Trinajstić information content (AvgIpc) is 3.16. The molecule has 3 atom stereocenters. The summed E-state index contributed by atoms with van der Waals surface area (Å²) >= 11 is 1.43. The number of aliphatic hydroxyl groups excluding tert-OH is 1. The van der Waals surface area contributed by atoms with Gasteiger partial charge in [-0.05, 0) is 12.5 Å². The zero-order valence-corrected chi connectivity index (χ0v) is 12.7. The largest absolute Gasteiger partial charge is 0.386 e. The van der Waals surface area contributed by atoms with Crippen molar-refractivity contribution in [2.75, 3.05) is 6.54 Å². The third-order valence-corrected chi connectivity index (χ3v) is 4.93. The summed E-state index contributed by atoms with van der Waals surface area (Å²) in [7, 11) is 0. The minimum atomic E-state index is -0.651. The molecule has 2 heterocycles. The van der Waals surface area contributed by atoms with E-state index >= 15 is 0 Å². The molecule has 2 aromatic rings. The van der Waals surface area contributed by atoms with Gasteiger partial charge in [0, 0.05) is 30.5 Å². The van der Waals surface area contributed by atoms with Gasteiger partial charge in [-0.2, -0.15) is 0 Å². The monoisotopic (exact) mass is 302 g/mol. The fourth-order valence-electron chi connectivity index (χ4n) is 2.84. The highest BCUT2D eigenvalue weighted by Crippen LogP contribution is 2.35. The van der Waals surface area contributed by atoms with Gasteiger partial charge in [-0.3, -0.25) is 4.79 Å². The molecular formula is C16H18N2O2S. The minimum absolute atomic E-state index is 0.0344. The first-order valence-electron chi connectivity index (χ1n) is 7.08.